The smallest absolute Gasteiger partial charge is 0.257 e. The van der Waals surface area contributed by atoms with Crippen molar-refractivity contribution in [3.8, 4) is 0 Å². The van der Waals surface area contributed by atoms with Gasteiger partial charge in [-0.25, -0.2) is 26.3 Å². The Morgan fingerprint density at radius 3 is 1.83 bits per heavy atom. The van der Waals surface area contributed by atoms with E-state index in [1.165, 1.54) is 24.3 Å². The molecule has 24 heavy (non-hydrogen) atoms. The molecule has 0 spiro atoms. The number of carbonyl (C=O) groups excluding carboxylic acids is 1. The molecule has 2 aromatic carbocycles. The number of hydrogen-bond donors (Lipinski definition) is 1. The monoisotopic (exact) mass is 347 g/mol. The highest BCUT2D eigenvalue weighted by atomic mass is 19.2. The van der Waals surface area contributed by atoms with Crippen LogP contribution >= 0.6 is 0 Å². The summed E-state index contributed by atoms with van der Waals surface area (Å²) in [4.78, 5) is 11.8. The van der Waals surface area contributed by atoms with Crippen molar-refractivity contribution in [2.24, 2.45) is 0 Å². The normalized spacial score (nSPS) is 12.1. The van der Waals surface area contributed by atoms with Gasteiger partial charge in [0.25, 0.3) is 5.91 Å². The van der Waals surface area contributed by atoms with Gasteiger partial charge >= 0.3 is 0 Å². The van der Waals surface area contributed by atoms with Gasteiger partial charge in [-0.2, -0.15) is 0 Å². The van der Waals surface area contributed by atoms with Crippen LogP contribution in [0.15, 0.2) is 24.3 Å². The molecule has 0 aliphatic rings. The molecule has 1 atom stereocenters. The molecule has 128 valence electrons. The highest BCUT2D eigenvalue weighted by Gasteiger charge is 2.29. The summed E-state index contributed by atoms with van der Waals surface area (Å²) in [6, 6.07) is 5.28. The predicted octanol–water partition coefficient (Wildman–Crippen LogP) is 4.05. The second-order valence-electron chi connectivity index (χ2n) is 5.11. The van der Waals surface area contributed by atoms with Gasteiger partial charge in [0, 0.05) is 6.54 Å². The zero-order valence-electron chi connectivity index (χ0n) is 12.3. The van der Waals surface area contributed by atoms with Gasteiger partial charge in [-0.1, -0.05) is 19.1 Å². The van der Waals surface area contributed by atoms with Crippen LogP contribution in [-0.2, 0) is 0 Å². The summed E-state index contributed by atoms with van der Waals surface area (Å²) in [6.45, 7) is 1.48. The second kappa shape index (κ2) is 6.94. The highest BCUT2D eigenvalue weighted by Crippen LogP contribution is 2.23. The Morgan fingerprint density at radius 2 is 1.33 bits per heavy atom. The Bertz CT molecular complexity index is 746. The summed E-state index contributed by atoms with van der Waals surface area (Å²) >= 11 is 0. The number of hydrogen-bond acceptors (Lipinski definition) is 1. The van der Waals surface area contributed by atoms with Crippen molar-refractivity contribution in [3.63, 3.8) is 0 Å². The second-order valence-corrected chi connectivity index (χ2v) is 5.11. The van der Waals surface area contributed by atoms with Gasteiger partial charge < -0.3 is 5.32 Å². The van der Waals surface area contributed by atoms with Crippen LogP contribution in [0.3, 0.4) is 0 Å². The van der Waals surface area contributed by atoms with Crippen molar-refractivity contribution in [2.45, 2.75) is 12.8 Å². The zero-order valence-corrected chi connectivity index (χ0v) is 12.3. The summed E-state index contributed by atoms with van der Waals surface area (Å²) < 4.78 is 79.0. The van der Waals surface area contributed by atoms with E-state index in [1.54, 1.807) is 6.92 Å². The Kier molecular flexibility index (Phi) is 5.16. The van der Waals surface area contributed by atoms with E-state index in [-0.39, 0.29) is 12.5 Å². The first-order valence-corrected chi connectivity index (χ1v) is 6.79. The van der Waals surface area contributed by atoms with E-state index in [4.69, 9.17) is 0 Å². The molecule has 1 unspecified atom stereocenters. The molecule has 2 rings (SSSR count). The Labute approximate surface area is 133 Å². The van der Waals surface area contributed by atoms with Crippen LogP contribution < -0.4 is 5.32 Å². The maximum absolute atomic E-state index is 13.5. The molecule has 2 aromatic rings. The minimum atomic E-state index is -2.33. The molecule has 0 fully saturated rings. The minimum absolute atomic E-state index is 0.149. The molecule has 8 heteroatoms. The highest BCUT2D eigenvalue weighted by molar-refractivity contribution is 5.94. The fourth-order valence-corrected chi connectivity index (χ4v) is 2.05. The first-order chi connectivity index (χ1) is 11.2. The Balaban J connectivity index is 2.17. The zero-order chi connectivity index (χ0) is 18.0. The summed E-state index contributed by atoms with van der Waals surface area (Å²) in [7, 11) is 0. The molecule has 1 N–H and O–H groups in total. The Hall–Kier alpha value is -2.51. The molecule has 0 saturated heterocycles. The molecule has 0 aliphatic carbocycles. The van der Waals surface area contributed by atoms with E-state index in [0.717, 1.165) is 0 Å². The van der Waals surface area contributed by atoms with E-state index in [2.05, 4.69) is 5.32 Å². The number of halogens is 6. The first kappa shape index (κ1) is 17.8. The SMILES string of the molecule is CC(CNC(=O)c1c(F)c(F)c(F)c(F)c1F)c1ccc(F)cc1. The lowest BCUT2D eigenvalue weighted by Crippen LogP contribution is -2.30. The van der Waals surface area contributed by atoms with Crippen molar-refractivity contribution in [2.75, 3.05) is 6.54 Å². The fraction of sp³-hybridized carbons (Fsp3) is 0.188. The summed E-state index contributed by atoms with van der Waals surface area (Å²) in [5, 5.41) is 2.10. The van der Waals surface area contributed by atoms with Crippen molar-refractivity contribution >= 4 is 5.91 Å². The van der Waals surface area contributed by atoms with Gasteiger partial charge in [-0.15, -0.1) is 0 Å². The van der Waals surface area contributed by atoms with E-state index in [9.17, 15) is 31.1 Å². The van der Waals surface area contributed by atoms with Crippen molar-refractivity contribution in [1.29, 1.82) is 0 Å². The van der Waals surface area contributed by atoms with Crippen LogP contribution in [0.5, 0.6) is 0 Å². The molecule has 0 saturated carbocycles. The quantitative estimate of drug-likeness (QED) is 0.505. The number of carbonyl (C=O) groups is 1. The van der Waals surface area contributed by atoms with Gasteiger partial charge in [0.2, 0.25) is 5.82 Å². The third-order valence-corrected chi connectivity index (χ3v) is 3.44. The van der Waals surface area contributed by atoms with Crippen LogP contribution in [0.2, 0.25) is 0 Å². The molecular weight excluding hydrogens is 336 g/mol. The largest absolute Gasteiger partial charge is 0.351 e. The van der Waals surface area contributed by atoms with E-state index >= 15 is 0 Å². The van der Waals surface area contributed by atoms with Crippen LogP contribution in [0.4, 0.5) is 26.3 Å². The number of amides is 1. The molecule has 2 nitrogen and oxygen atoms in total. The van der Waals surface area contributed by atoms with Crippen molar-refractivity contribution in [1.82, 2.24) is 5.32 Å². The topological polar surface area (TPSA) is 29.1 Å². The standard InChI is InChI=1S/C16H11F6NO/c1-7(8-2-4-9(17)5-3-8)6-23-16(24)10-11(18)13(20)15(22)14(21)12(10)19/h2-5,7H,6H2,1H3,(H,23,24). The van der Waals surface area contributed by atoms with E-state index in [1.807, 2.05) is 0 Å². The molecule has 0 aromatic heterocycles. The maximum atomic E-state index is 13.5. The van der Waals surface area contributed by atoms with Gasteiger partial charge in [0.05, 0.1) is 0 Å². The summed E-state index contributed by atoms with van der Waals surface area (Å²) in [6.07, 6.45) is 0. The maximum Gasteiger partial charge on any atom is 0.257 e. The average Bonchev–Trinajstić information content (AvgIpc) is 2.57. The molecule has 1 amide bonds. The van der Waals surface area contributed by atoms with Gasteiger partial charge in [-0.05, 0) is 23.6 Å². The minimum Gasteiger partial charge on any atom is -0.351 e. The molecular formula is C16H11F6NO. The lowest BCUT2D eigenvalue weighted by molar-refractivity contribution is 0.0940. The van der Waals surface area contributed by atoms with Crippen LogP contribution in [0.25, 0.3) is 0 Å². The first-order valence-electron chi connectivity index (χ1n) is 6.79. The molecule has 0 heterocycles. The number of nitrogens with one attached hydrogen (secondary N) is 1. The van der Waals surface area contributed by atoms with E-state index < -0.39 is 46.4 Å². The predicted molar refractivity (Wildman–Crippen MR) is 73.4 cm³/mol. The summed E-state index contributed by atoms with van der Waals surface area (Å²) in [5.74, 6) is -13.4. The molecule has 0 bridgehead atoms. The van der Waals surface area contributed by atoms with Crippen LogP contribution in [0, 0.1) is 34.9 Å². The van der Waals surface area contributed by atoms with Gasteiger partial charge in [0.1, 0.15) is 11.4 Å². The van der Waals surface area contributed by atoms with Gasteiger partial charge in [-0.3, -0.25) is 4.79 Å². The van der Waals surface area contributed by atoms with Crippen molar-refractivity contribution < 1.29 is 31.1 Å². The molecule has 0 radical (unpaired) electrons. The third kappa shape index (κ3) is 3.37. The van der Waals surface area contributed by atoms with E-state index in [0.29, 0.717) is 5.56 Å². The number of rotatable bonds is 4. The lowest BCUT2D eigenvalue weighted by Gasteiger charge is -2.14. The lowest BCUT2D eigenvalue weighted by atomic mass is 10.0. The van der Waals surface area contributed by atoms with Gasteiger partial charge in [0.15, 0.2) is 23.3 Å². The Morgan fingerprint density at radius 1 is 0.875 bits per heavy atom. The van der Waals surface area contributed by atoms with Crippen LogP contribution in [0.1, 0.15) is 28.8 Å². The fourth-order valence-electron chi connectivity index (χ4n) is 2.05. The third-order valence-electron chi connectivity index (χ3n) is 3.44. The average molecular weight is 347 g/mol. The molecule has 0 aliphatic heterocycles. The number of benzene rings is 2. The van der Waals surface area contributed by atoms with Crippen LogP contribution in [-0.4, -0.2) is 12.5 Å². The summed E-state index contributed by atoms with van der Waals surface area (Å²) in [5.41, 5.74) is -0.924. The van der Waals surface area contributed by atoms with Crippen molar-refractivity contribution in [3.05, 3.63) is 70.3 Å².